The molecule has 0 unspecified atom stereocenters. The highest BCUT2D eigenvalue weighted by molar-refractivity contribution is 5.95. The van der Waals surface area contributed by atoms with Crippen LogP contribution in [-0.4, -0.2) is 69.7 Å². The van der Waals surface area contributed by atoms with Gasteiger partial charge in [-0.05, 0) is 12.1 Å². The van der Waals surface area contributed by atoms with E-state index in [1.165, 1.54) is 18.2 Å². The van der Waals surface area contributed by atoms with Crippen molar-refractivity contribution >= 4 is 11.7 Å². The maximum atomic E-state index is 12.3. The molecule has 1 aromatic carbocycles. The van der Waals surface area contributed by atoms with Gasteiger partial charge >= 0.3 is 0 Å². The van der Waals surface area contributed by atoms with E-state index in [4.69, 9.17) is 10.9 Å². The molecule has 1 aromatic rings. The number of nitrogens with zero attached hydrogens (tertiary/aromatic N) is 3. The van der Waals surface area contributed by atoms with Gasteiger partial charge in [-0.15, -0.1) is 0 Å². The SMILES string of the molecule is N/C(CN1CCN(C(=O)c2cc(O)cc(O)c2)CC1)=N/O. The van der Waals surface area contributed by atoms with E-state index in [0.717, 1.165) is 0 Å². The molecule has 1 aliphatic heterocycles. The first-order valence-corrected chi connectivity index (χ1v) is 6.50. The lowest BCUT2D eigenvalue weighted by Gasteiger charge is -2.34. The Labute approximate surface area is 121 Å². The summed E-state index contributed by atoms with van der Waals surface area (Å²) in [6, 6.07) is 3.82. The number of phenols is 2. The minimum atomic E-state index is -0.246. The lowest BCUT2D eigenvalue weighted by molar-refractivity contribution is 0.0652. The Hall–Kier alpha value is -2.48. The van der Waals surface area contributed by atoms with Crippen LogP contribution in [0.15, 0.2) is 23.4 Å². The predicted molar refractivity (Wildman–Crippen MR) is 75.5 cm³/mol. The standard InChI is InChI=1S/C13H18N4O4/c14-12(15-21)8-16-1-3-17(4-2-16)13(20)9-5-10(18)7-11(19)6-9/h5-7,18-19,21H,1-4,8H2,(H2,14,15). The van der Waals surface area contributed by atoms with E-state index in [9.17, 15) is 15.0 Å². The number of hydrogen-bond donors (Lipinski definition) is 4. The minimum absolute atomic E-state index is 0.132. The Morgan fingerprint density at radius 2 is 1.71 bits per heavy atom. The smallest absolute Gasteiger partial charge is 0.254 e. The summed E-state index contributed by atoms with van der Waals surface area (Å²) in [5.74, 6) is -0.412. The van der Waals surface area contributed by atoms with Crippen molar-refractivity contribution in [3.05, 3.63) is 23.8 Å². The van der Waals surface area contributed by atoms with Gasteiger partial charge in [0.2, 0.25) is 0 Å². The molecular formula is C13H18N4O4. The van der Waals surface area contributed by atoms with Gasteiger partial charge in [-0.1, -0.05) is 5.16 Å². The number of nitrogens with two attached hydrogens (primary N) is 1. The van der Waals surface area contributed by atoms with Crippen LogP contribution >= 0.6 is 0 Å². The van der Waals surface area contributed by atoms with Crippen LogP contribution in [-0.2, 0) is 0 Å². The number of benzene rings is 1. The molecule has 0 saturated carbocycles. The molecule has 2 rings (SSSR count). The van der Waals surface area contributed by atoms with Gasteiger partial charge in [0.15, 0.2) is 5.84 Å². The fourth-order valence-corrected chi connectivity index (χ4v) is 2.27. The molecule has 0 radical (unpaired) electrons. The van der Waals surface area contributed by atoms with Crippen molar-refractivity contribution in [1.82, 2.24) is 9.80 Å². The maximum Gasteiger partial charge on any atom is 0.254 e. The molecule has 0 aliphatic carbocycles. The van der Waals surface area contributed by atoms with Crippen molar-refractivity contribution in [3.63, 3.8) is 0 Å². The lowest BCUT2D eigenvalue weighted by atomic mass is 10.1. The first-order valence-electron chi connectivity index (χ1n) is 6.50. The van der Waals surface area contributed by atoms with Crippen LogP contribution in [0.2, 0.25) is 0 Å². The third-order valence-corrected chi connectivity index (χ3v) is 3.32. The molecule has 0 aromatic heterocycles. The third kappa shape index (κ3) is 3.76. The zero-order chi connectivity index (χ0) is 15.4. The summed E-state index contributed by atoms with van der Waals surface area (Å²) in [5.41, 5.74) is 5.69. The molecule has 114 valence electrons. The summed E-state index contributed by atoms with van der Waals surface area (Å²) in [6.07, 6.45) is 0. The molecule has 5 N–H and O–H groups in total. The molecule has 0 bridgehead atoms. The number of piperazine rings is 1. The summed E-state index contributed by atoms with van der Waals surface area (Å²) >= 11 is 0. The van der Waals surface area contributed by atoms with Crippen LogP contribution in [0.1, 0.15) is 10.4 Å². The maximum absolute atomic E-state index is 12.3. The molecule has 0 atom stereocenters. The van der Waals surface area contributed by atoms with Gasteiger partial charge in [0.1, 0.15) is 11.5 Å². The number of carbonyl (C=O) groups excluding carboxylic acids is 1. The Morgan fingerprint density at radius 1 is 1.14 bits per heavy atom. The van der Waals surface area contributed by atoms with Crippen molar-refractivity contribution in [2.75, 3.05) is 32.7 Å². The largest absolute Gasteiger partial charge is 0.508 e. The fourth-order valence-electron chi connectivity index (χ4n) is 2.27. The van der Waals surface area contributed by atoms with Crippen LogP contribution in [0.25, 0.3) is 0 Å². The number of oxime groups is 1. The van der Waals surface area contributed by atoms with Crippen LogP contribution in [0.5, 0.6) is 11.5 Å². The quantitative estimate of drug-likeness (QED) is 0.260. The zero-order valence-corrected chi connectivity index (χ0v) is 11.4. The Kier molecular flexibility index (Phi) is 4.49. The number of aromatic hydroxyl groups is 2. The number of amidine groups is 1. The highest BCUT2D eigenvalue weighted by atomic mass is 16.4. The molecule has 1 amide bonds. The van der Waals surface area contributed by atoms with Crippen LogP contribution in [0.3, 0.4) is 0 Å². The number of phenolic OH excluding ortho intramolecular Hbond substituents is 2. The van der Waals surface area contributed by atoms with Crippen molar-refractivity contribution in [1.29, 1.82) is 0 Å². The number of amides is 1. The second kappa shape index (κ2) is 6.31. The van der Waals surface area contributed by atoms with Gasteiger partial charge in [-0.3, -0.25) is 9.69 Å². The van der Waals surface area contributed by atoms with Crippen LogP contribution in [0, 0.1) is 0 Å². The van der Waals surface area contributed by atoms with E-state index in [-0.39, 0.29) is 28.8 Å². The first-order chi connectivity index (χ1) is 9.99. The summed E-state index contributed by atoms with van der Waals surface area (Å²) in [5, 5.41) is 30.3. The van der Waals surface area contributed by atoms with E-state index >= 15 is 0 Å². The highest BCUT2D eigenvalue weighted by Gasteiger charge is 2.23. The summed E-state index contributed by atoms with van der Waals surface area (Å²) in [4.78, 5) is 15.9. The Balaban J connectivity index is 1.97. The second-order valence-corrected chi connectivity index (χ2v) is 4.90. The summed E-state index contributed by atoms with van der Waals surface area (Å²) < 4.78 is 0. The molecule has 8 nitrogen and oxygen atoms in total. The van der Waals surface area contributed by atoms with Crippen molar-refractivity contribution < 1.29 is 20.2 Å². The molecule has 1 heterocycles. The third-order valence-electron chi connectivity index (χ3n) is 3.32. The van der Waals surface area contributed by atoms with Gasteiger partial charge in [-0.25, -0.2) is 0 Å². The van der Waals surface area contributed by atoms with E-state index in [1.54, 1.807) is 4.90 Å². The van der Waals surface area contributed by atoms with Gasteiger partial charge in [-0.2, -0.15) is 0 Å². The predicted octanol–water partition coefficient (Wildman–Crippen LogP) is -0.398. The zero-order valence-electron chi connectivity index (χ0n) is 11.4. The molecule has 1 saturated heterocycles. The highest BCUT2D eigenvalue weighted by Crippen LogP contribution is 2.21. The average molecular weight is 294 g/mol. The van der Waals surface area contributed by atoms with Crippen molar-refractivity contribution in [2.24, 2.45) is 10.9 Å². The molecule has 8 heteroatoms. The van der Waals surface area contributed by atoms with Crippen LogP contribution in [0.4, 0.5) is 0 Å². The topological polar surface area (TPSA) is 123 Å². The van der Waals surface area contributed by atoms with E-state index in [0.29, 0.717) is 32.7 Å². The average Bonchev–Trinajstić information content (AvgIpc) is 2.46. The second-order valence-electron chi connectivity index (χ2n) is 4.90. The van der Waals surface area contributed by atoms with E-state index in [1.807, 2.05) is 4.90 Å². The van der Waals surface area contributed by atoms with Crippen molar-refractivity contribution in [3.8, 4) is 11.5 Å². The van der Waals surface area contributed by atoms with Gasteiger partial charge in [0, 0.05) is 37.8 Å². The molecule has 1 fully saturated rings. The lowest BCUT2D eigenvalue weighted by Crippen LogP contribution is -2.50. The number of hydrogen-bond acceptors (Lipinski definition) is 6. The van der Waals surface area contributed by atoms with Gasteiger partial charge in [0.05, 0.1) is 6.54 Å². The molecule has 21 heavy (non-hydrogen) atoms. The normalized spacial score (nSPS) is 17.0. The molecule has 0 spiro atoms. The fraction of sp³-hybridized carbons (Fsp3) is 0.385. The van der Waals surface area contributed by atoms with E-state index in [2.05, 4.69) is 5.16 Å². The van der Waals surface area contributed by atoms with Crippen molar-refractivity contribution in [2.45, 2.75) is 0 Å². The molecular weight excluding hydrogens is 276 g/mol. The summed E-state index contributed by atoms with van der Waals surface area (Å²) in [7, 11) is 0. The number of carbonyl (C=O) groups is 1. The Bertz CT molecular complexity index is 533. The minimum Gasteiger partial charge on any atom is -0.508 e. The van der Waals surface area contributed by atoms with Gasteiger partial charge < -0.3 is 26.1 Å². The summed E-state index contributed by atoms with van der Waals surface area (Å²) in [6.45, 7) is 2.55. The molecule has 1 aliphatic rings. The first kappa shape index (κ1) is 14.9. The number of rotatable bonds is 3. The monoisotopic (exact) mass is 294 g/mol. The van der Waals surface area contributed by atoms with Gasteiger partial charge in [0.25, 0.3) is 5.91 Å². The Morgan fingerprint density at radius 3 is 2.24 bits per heavy atom. The van der Waals surface area contributed by atoms with Crippen LogP contribution < -0.4 is 5.73 Å². The van der Waals surface area contributed by atoms with E-state index < -0.39 is 0 Å².